The first kappa shape index (κ1) is 20.2. The zero-order valence-electron chi connectivity index (χ0n) is 18.0. The summed E-state index contributed by atoms with van der Waals surface area (Å²) < 4.78 is 11.7. The predicted molar refractivity (Wildman–Crippen MR) is 117 cm³/mol. The number of aryl methyl sites for hydroxylation is 2. The number of carbonyl (C=O) groups excluding carboxylic acids is 1. The van der Waals surface area contributed by atoms with Gasteiger partial charge < -0.3 is 14.1 Å². The summed E-state index contributed by atoms with van der Waals surface area (Å²) in [4.78, 5) is 28.7. The summed E-state index contributed by atoms with van der Waals surface area (Å²) >= 11 is 0. The monoisotopic (exact) mass is 405 g/mol. The van der Waals surface area contributed by atoms with Crippen molar-refractivity contribution in [2.24, 2.45) is 0 Å². The van der Waals surface area contributed by atoms with Crippen LogP contribution in [0, 0.1) is 13.8 Å². The molecule has 3 aromatic rings. The molecule has 0 aliphatic carbocycles. The van der Waals surface area contributed by atoms with Crippen LogP contribution in [0.4, 0.5) is 0 Å². The quantitative estimate of drug-likeness (QED) is 0.569. The van der Waals surface area contributed by atoms with Gasteiger partial charge in [-0.3, -0.25) is 9.59 Å². The molecule has 0 fully saturated rings. The summed E-state index contributed by atoms with van der Waals surface area (Å²) in [7, 11) is 0. The van der Waals surface area contributed by atoms with E-state index in [1.54, 1.807) is 4.90 Å². The van der Waals surface area contributed by atoms with E-state index in [0.717, 1.165) is 35.3 Å². The van der Waals surface area contributed by atoms with Crippen molar-refractivity contribution in [1.82, 2.24) is 4.90 Å². The molecule has 0 N–H and O–H groups in total. The Hall–Kier alpha value is -3.08. The molecule has 0 spiro atoms. The number of fused-ring (bicyclic) bond motifs is 2. The molecule has 1 amide bonds. The average Bonchev–Trinajstić information content (AvgIpc) is 2.98. The third kappa shape index (κ3) is 3.28. The summed E-state index contributed by atoms with van der Waals surface area (Å²) in [6.45, 7) is 9.00. The Morgan fingerprint density at radius 1 is 1.10 bits per heavy atom. The van der Waals surface area contributed by atoms with E-state index < -0.39 is 6.04 Å². The lowest BCUT2D eigenvalue weighted by Crippen LogP contribution is -2.30. The van der Waals surface area contributed by atoms with Crippen molar-refractivity contribution in [2.75, 3.05) is 13.2 Å². The molecule has 0 radical (unpaired) electrons. The Labute approximate surface area is 176 Å². The highest BCUT2D eigenvalue weighted by Crippen LogP contribution is 2.39. The second kappa shape index (κ2) is 7.98. The van der Waals surface area contributed by atoms with E-state index in [4.69, 9.17) is 9.15 Å². The van der Waals surface area contributed by atoms with Crippen molar-refractivity contribution < 1.29 is 13.9 Å². The second-order valence-corrected chi connectivity index (χ2v) is 7.89. The van der Waals surface area contributed by atoms with Gasteiger partial charge in [0.15, 0.2) is 5.43 Å². The lowest BCUT2D eigenvalue weighted by Gasteiger charge is -2.25. The van der Waals surface area contributed by atoms with Crippen LogP contribution in [-0.4, -0.2) is 24.0 Å². The van der Waals surface area contributed by atoms with E-state index in [1.807, 2.05) is 57.2 Å². The summed E-state index contributed by atoms with van der Waals surface area (Å²) in [6.07, 6.45) is 1.81. The molecule has 1 unspecified atom stereocenters. The number of ether oxygens (including phenoxy) is 1. The minimum absolute atomic E-state index is 0.122. The van der Waals surface area contributed by atoms with Crippen LogP contribution in [-0.2, 0) is 0 Å². The Bertz CT molecular complexity index is 1180. The van der Waals surface area contributed by atoms with E-state index in [2.05, 4.69) is 6.92 Å². The topological polar surface area (TPSA) is 59.8 Å². The molecule has 2 heterocycles. The van der Waals surface area contributed by atoms with Crippen LogP contribution in [0.5, 0.6) is 5.75 Å². The molecule has 156 valence electrons. The Kier molecular flexibility index (Phi) is 5.37. The van der Waals surface area contributed by atoms with E-state index >= 15 is 0 Å². The van der Waals surface area contributed by atoms with Crippen LogP contribution in [0.25, 0.3) is 11.0 Å². The molecule has 1 aromatic heterocycles. The SMILES string of the molecule is CCCCN1C(=O)c2oc3cc(C)cc(C)c3c(=O)c2C1c1cccc(OCC)c1. The molecule has 30 heavy (non-hydrogen) atoms. The van der Waals surface area contributed by atoms with Gasteiger partial charge in [-0.15, -0.1) is 0 Å². The minimum Gasteiger partial charge on any atom is -0.494 e. The molecule has 1 aliphatic heterocycles. The normalized spacial score (nSPS) is 15.7. The molecular formula is C25H27NO4. The van der Waals surface area contributed by atoms with Crippen molar-refractivity contribution in [2.45, 2.75) is 46.6 Å². The van der Waals surface area contributed by atoms with E-state index in [9.17, 15) is 9.59 Å². The first-order valence-corrected chi connectivity index (χ1v) is 10.6. The zero-order chi connectivity index (χ0) is 21.4. The number of hydrogen-bond acceptors (Lipinski definition) is 4. The maximum absolute atomic E-state index is 13.6. The Balaban J connectivity index is 1.97. The van der Waals surface area contributed by atoms with Gasteiger partial charge >= 0.3 is 0 Å². The van der Waals surface area contributed by atoms with Gasteiger partial charge in [-0.05, 0) is 62.1 Å². The van der Waals surface area contributed by atoms with Crippen LogP contribution in [0.3, 0.4) is 0 Å². The van der Waals surface area contributed by atoms with Crippen molar-refractivity contribution in [3.8, 4) is 5.75 Å². The number of amides is 1. The number of benzene rings is 2. The first-order valence-electron chi connectivity index (χ1n) is 10.6. The molecular weight excluding hydrogens is 378 g/mol. The summed E-state index contributed by atoms with van der Waals surface area (Å²) in [5.74, 6) is 0.673. The molecule has 1 aliphatic rings. The smallest absolute Gasteiger partial charge is 0.290 e. The van der Waals surface area contributed by atoms with E-state index in [1.165, 1.54) is 0 Å². The maximum atomic E-state index is 13.6. The average molecular weight is 405 g/mol. The number of unbranched alkanes of at least 4 members (excludes halogenated alkanes) is 1. The van der Waals surface area contributed by atoms with Crippen LogP contribution in [0.1, 0.15) is 65.5 Å². The van der Waals surface area contributed by atoms with Crippen LogP contribution in [0.15, 0.2) is 45.6 Å². The van der Waals surface area contributed by atoms with Crippen molar-refractivity contribution in [3.63, 3.8) is 0 Å². The van der Waals surface area contributed by atoms with Gasteiger partial charge in [0.1, 0.15) is 11.3 Å². The molecule has 0 saturated heterocycles. The molecule has 5 nitrogen and oxygen atoms in total. The predicted octanol–water partition coefficient (Wildman–Crippen LogP) is 5.15. The molecule has 5 heteroatoms. The van der Waals surface area contributed by atoms with Crippen molar-refractivity contribution in [3.05, 3.63) is 74.6 Å². The maximum Gasteiger partial charge on any atom is 0.290 e. The van der Waals surface area contributed by atoms with Gasteiger partial charge in [-0.25, -0.2) is 0 Å². The van der Waals surface area contributed by atoms with Gasteiger partial charge in [0.2, 0.25) is 5.76 Å². The van der Waals surface area contributed by atoms with Gasteiger partial charge in [0.25, 0.3) is 5.91 Å². The Morgan fingerprint density at radius 2 is 1.90 bits per heavy atom. The summed E-state index contributed by atoms with van der Waals surface area (Å²) in [5, 5.41) is 0.551. The fourth-order valence-corrected chi connectivity index (χ4v) is 4.36. The minimum atomic E-state index is -0.471. The standard InChI is InChI=1S/C25H27NO4/c1-5-7-11-26-22(17-9-8-10-18(14-17)29-6-2)21-23(27)20-16(4)12-15(3)13-19(20)30-24(21)25(26)28/h8-10,12-14,22H,5-7,11H2,1-4H3. The molecule has 2 aromatic carbocycles. The number of carbonyl (C=O) groups is 1. The number of nitrogens with zero attached hydrogens (tertiary/aromatic N) is 1. The number of rotatable bonds is 6. The first-order chi connectivity index (χ1) is 14.5. The van der Waals surface area contributed by atoms with Gasteiger partial charge in [-0.1, -0.05) is 31.5 Å². The van der Waals surface area contributed by atoms with Gasteiger partial charge in [0, 0.05) is 6.54 Å². The van der Waals surface area contributed by atoms with Crippen LogP contribution < -0.4 is 10.2 Å². The molecule has 0 saturated carbocycles. The van der Waals surface area contributed by atoms with E-state index in [-0.39, 0.29) is 17.1 Å². The lowest BCUT2D eigenvalue weighted by molar-refractivity contribution is 0.0725. The zero-order valence-corrected chi connectivity index (χ0v) is 18.0. The lowest BCUT2D eigenvalue weighted by atomic mass is 9.96. The summed E-state index contributed by atoms with van der Waals surface area (Å²) in [5.41, 5.74) is 3.51. The second-order valence-electron chi connectivity index (χ2n) is 7.89. The molecule has 0 bridgehead atoms. The third-order valence-corrected chi connectivity index (χ3v) is 5.65. The Morgan fingerprint density at radius 3 is 2.63 bits per heavy atom. The fourth-order valence-electron chi connectivity index (χ4n) is 4.36. The molecule has 1 atom stereocenters. The van der Waals surface area contributed by atoms with Crippen LogP contribution >= 0.6 is 0 Å². The highest BCUT2D eigenvalue weighted by atomic mass is 16.5. The van der Waals surface area contributed by atoms with Crippen molar-refractivity contribution >= 4 is 16.9 Å². The largest absolute Gasteiger partial charge is 0.494 e. The molecule has 4 rings (SSSR count). The van der Waals surface area contributed by atoms with E-state index in [0.29, 0.717) is 29.7 Å². The number of hydrogen-bond donors (Lipinski definition) is 0. The highest BCUT2D eigenvalue weighted by molar-refractivity contribution is 5.99. The van der Waals surface area contributed by atoms with Crippen LogP contribution in [0.2, 0.25) is 0 Å². The third-order valence-electron chi connectivity index (χ3n) is 5.65. The highest BCUT2D eigenvalue weighted by Gasteiger charge is 2.42. The van der Waals surface area contributed by atoms with Gasteiger partial charge in [0.05, 0.1) is 23.6 Å². The summed E-state index contributed by atoms with van der Waals surface area (Å²) in [6, 6.07) is 11.0. The fraction of sp³-hybridized carbons (Fsp3) is 0.360. The van der Waals surface area contributed by atoms with Gasteiger partial charge in [-0.2, -0.15) is 0 Å². The van der Waals surface area contributed by atoms with Crippen molar-refractivity contribution in [1.29, 1.82) is 0 Å².